The van der Waals surface area contributed by atoms with Crippen LogP contribution in [0.2, 0.25) is 0 Å². The molecule has 6 heteroatoms. The number of hydrogen-bond acceptors (Lipinski definition) is 4. The van der Waals surface area contributed by atoms with E-state index in [1.165, 1.54) is 0 Å². The summed E-state index contributed by atoms with van der Waals surface area (Å²) >= 11 is 3.34. The average molecular weight is 403 g/mol. The summed E-state index contributed by atoms with van der Waals surface area (Å²) in [5.74, 6) is 0.254. The highest BCUT2D eigenvalue weighted by Gasteiger charge is 2.18. The summed E-state index contributed by atoms with van der Waals surface area (Å²) in [4.78, 5) is 27.6. The Morgan fingerprint density at radius 1 is 0.920 bits per heavy atom. The molecule has 2 aromatic carbocycles. The van der Waals surface area contributed by atoms with Gasteiger partial charge < -0.3 is 14.5 Å². The van der Waals surface area contributed by atoms with Gasteiger partial charge in [-0.2, -0.15) is 0 Å². The second-order valence-corrected chi connectivity index (χ2v) is 6.80. The van der Waals surface area contributed by atoms with Crippen molar-refractivity contribution in [3.63, 3.8) is 0 Å². The lowest BCUT2D eigenvalue weighted by Gasteiger charge is -2.35. The molecule has 1 amide bonds. The molecule has 1 fully saturated rings. The van der Waals surface area contributed by atoms with Gasteiger partial charge in [-0.25, -0.2) is 4.79 Å². The van der Waals surface area contributed by atoms with Crippen molar-refractivity contribution >= 4 is 33.5 Å². The highest BCUT2D eigenvalue weighted by molar-refractivity contribution is 9.10. The van der Waals surface area contributed by atoms with Gasteiger partial charge in [0, 0.05) is 43.3 Å². The molecule has 0 spiro atoms. The lowest BCUT2D eigenvalue weighted by Crippen LogP contribution is -2.48. The Hall–Kier alpha value is -2.34. The minimum Gasteiger partial charge on any atom is -0.423 e. The van der Waals surface area contributed by atoms with Crippen LogP contribution in [0.25, 0.3) is 0 Å². The summed E-state index contributed by atoms with van der Waals surface area (Å²) < 4.78 is 6.32. The summed E-state index contributed by atoms with van der Waals surface area (Å²) in [6.45, 7) is 4.67. The summed E-state index contributed by atoms with van der Waals surface area (Å²) in [5, 5.41) is 0. The van der Waals surface area contributed by atoms with Gasteiger partial charge in [0.25, 0.3) is 0 Å². The van der Waals surface area contributed by atoms with E-state index in [0.29, 0.717) is 11.3 Å². The maximum atomic E-state index is 12.1. The van der Waals surface area contributed by atoms with E-state index in [0.717, 1.165) is 36.3 Å². The number of ether oxygens (including phenoxy) is 1. The summed E-state index contributed by atoms with van der Waals surface area (Å²) in [6.07, 6.45) is 0. The summed E-state index contributed by atoms with van der Waals surface area (Å²) in [6, 6.07) is 14.5. The van der Waals surface area contributed by atoms with Crippen LogP contribution in [0.1, 0.15) is 17.3 Å². The monoisotopic (exact) mass is 402 g/mol. The third-order valence-electron chi connectivity index (χ3n) is 4.22. The van der Waals surface area contributed by atoms with Crippen molar-refractivity contribution in [2.24, 2.45) is 0 Å². The Morgan fingerprint density at radius 3 is 2.08 bits per heavy atom. The van der Waals surface area contributed by atoms with Crippen LogP contribution in [0.15, 0.2) is 53.0 Å². The van der Waals surface area contributed by atoms with Gasteiger partial charge >= 0.3 is 5.97 Å². The quantitative estimate of drug-likeness (QED) is 0.583. The Bertz CT molecular complexity index is 751. The minimum atomic E-state index is -0.379. The molecule has 0 saturated carbocycles. The van der Waals surface area contributed by atoms with Gasteiger partial charge in [0.1, 0.15) is 5.75 Å². The lowest BCUT2D eigenvalue weighted by atomic mass is 10.2. The van der Waals surface area contributed by atoms with E-state index < -0.39 is 0 Å². The molecule has 0 aromatic heterocycles. The molecule has 0 aliphatic carbocycles. The van der Waals surface area contributed by atoms with Crippen LogP contribution >= 0.6 is 15.9 Å². The van der Waals surface area contributed by atoms with Crippen molar-refractivity contribution in [2.75, 3.05) is 31.1 Å². The SMILES string of the molecule is CC(=O)N1CCN(c2ccc(OC(=O)c3ccc(Br)cc3)cc2)CC1. The van der Waals surface area contributed by atoms with Crippen LogP contribution in [0.5, 0.6) is 5.75 Å². The highest BCUT2D eigenvalue weighted by Crippen LogP contribution is 2.22. The van der Waals surface area contributed by atoms with Crippen molar-refractivity contribution in [3.05, 3.63) is 58.6 Å². The van der Waals surface area contributed by atoms with Crippen molar-refractivity contribution in [1.29, 1.82) is 0 Å². The number of piperazine rings is 1. The first kappa shape index (κ1) is 17.5. The number of carbonyl (C=O) groups is 2. The largest absolute Gasteiger partial charge is 0.423 e. The van der Waals surface area contributed by atoms with Gasteiger partial charge in [0.2, 0.25) is 5.91 Å². The van der Waals surface area contributed by atoms with Gasteiger partial charge in [0.15, 0.2) is 0 Å². The van der Waals surface area contributed by atoms with E-state index in [2.05, 4.69) is 20.8 Å². The Morgan fingerprint density at radius 2 is 1.52 bits per heavy atom. The Balaban J connectivity index is 1.60. The molecule has 25 heavy (non-hydrogen) atoms. The maximum Gasteiger partial charge on any atom is 0.343 e. The number of benzene rings is 2. The van der Waals surface area contributed by atoms with E-state index >= 15 is 0 Å². The highest BCUT2D eigenvalue weighted by atomic mass is 79.9. The van der Waals surface area contributed by atoms with Gasteiger partial charge in [-0.1, -0.05) is 15.9 Å². The zero-order valence-electron chi connectivity index (χ0n) is 13.9. The molecule has 1 aliphatic rings. The fourth-order valence-corrected chi connectivity index (χ4v) is 3.02. The number of esters is 1. The van der Waals surface area contributed by atoms with Crippen LogP contribution in [0.4, 0.5) is 5.69 Å². The maximum absolute atomic E-state index is 12.1. The molecular formula is C19H19BrN2O3. The number of anilines is 1. The zero-order chi connectivity index (χ0) is 17.8. The van der Waals surface area contributed by atoms with Gasteiger partial charge in [0.05, 0.1) is 5.56 Å². The molecule has 0 N–H and O–H groups in total. The number of hydrogen-bond donors (Lipinski definition) is 0. The van der Waals surface area contributed by atoms with Crippen LogP contribution in [0, 0.1) is 0 Å². The van der Waals surface area contributed by atoms with Gasteiger partial charge in [-0.05, 0) is 48.5 Å². The molecule has 1 heterocycles. The molecular weight excluding hydrogens is 384 g/mol. The molecule has 130 valence electrons. The van der Waals surface area contributed by atoms with E-state index in [1.807, 2.05) is 17.0 Å². The van der Waals surface area contributed by atoms with Crippen molar-refractivity contribution in [2.45, 2.75) is 6.92 Å². The molecule has 2 aromatic rings. The second kappa shape index (κ2) is 7.70. The third-order valence-corrected chi connectivity index (χ3v) is 4.75. The first-order chi connectivity index (χ1) is 12.0. The molecule has 0 unspecified atom stereocenters. The standard InChI is InChI=1S/C19H19BrN2O3/c1-14(23)21-10-12-22(13-11-21)17-6-8-18(9-7-17)25-19(24)15-2-4-16(20)5-3-15/h2-9H,10-13H2,1H3. The molecule has 1 aliphatic heterocycles. The molecule has 1 saturated heterocycles. The topological polar surface area (TPSA) is 49.9 Å². The minimum absolute atomic E-state index is 0.120. The molecule has 3 rings (SSSR count). The predicted octanol–water partition coefficient (Wildman–Crippen LogP) is 3.34. The second-order valence-electron chi connectivity index (χ2n) is 5.88. The van der Waals surface area contributed by atoms with Crippen LogP contribution < -0.4 is 9.64 Å². The summed E-state index contributed by atoms with van der Waals surface area (Å²) in [5.41, 5.74) is 1.57. The zero-order valence-corrected chi connectivity index (χ0v) is 15.5. The Kier molecular flexibility index (Phi) is 5.38. The van der Waals surface area contributed by atoms with Crippen LogP contribution in [0.3, 0.4) is 0 Å². The molecule has 0 atom stereocenters. The number of halogens is 1. The Labute approximate surface area is 155 Å². The van der Waals surface area contributed by atoms with Crippen LogP contribution in [-0.4, -0.2) is 43.0 Å². The normalized spacial score (nSPS) is 14.3. The van der Waals surface area contributed by atoms with Gasteiger partial charge in [-0.3, -0.25) is 4.79 Å². The van der Waals surface area contributed by atoms with Crippen LogP contribution in [-0.2, 0) is 4.79 Å². The van der Waals surface area contributed by atoms with E-state index in [4.69, 9.17) is 4.74 Å². The predicted molar refractivity (Wildman–Crippen MR) is 100 cm³/mol. The van der Waals surface area contributed by atoms with Crippen molar-refractivity contribution in [1.82, 2.24) is 4.90 Å². The lowest BCUT2D eigenvalue weighted by molar-refractivity contribution is -0.129. The van der Waals surface area contributed by atoms with E-state index in [-0.39, 0.29) is 11.9 Å². The average Bonchev–Trinajstić information content (AvgIpc) is 2.63. The fourth-order valence-electron chi connectivity index (χ4n) is 2.76. The molecule has 0 radical (unpaired) electrons. The van der Waals surface area contributed by atoms with Gasteiger partial charge in [-0.15, -0.1) is 0 Å². The number of amides is 1. The van der Waals surface area contributed by atoms with Crippen molar-refractivity contribution < 1.29 is 14.3 Å². The number of rotatable bonds is 3. The molecule has 5 nitrogen and oxygen atoms in total. The number of nitrogens with zero attached hydrogens (tertiary/aromatic N) is 2. The third kappa shape index (κ3) is 4.39. The first-order valence-corrected chi connectivity index (χ1v) is 8.90. The fraction of sp³-hybridized carbons (Fsp3) is 0.263. The molecule has 0 bridgehead atoms. The first-order valence-electron chi connectivity index (χ1n) is 8.11. The summed E-state index contributed by atoms with van der Waals surface area (Å²) in [7, 11) is 0. The number of carbonyl (C=O) groups excluding carboxylic acids is 2. The smallest absolute Gasteiger partial charge is 0.343 e. The van der Waals surface area contributed by atoms with Crippen molar-refractivity contribution in [3.8, 4) is 5.75 Å². The van der Waals surface area contributed by atoms with E-state index in [1.54, 1.807) is 43.3 Å². The van der Waals surface area contributed by atoms with E-state index in [9.17, 15) is 9.59 Å².